The van der Waals surface area contributed by atoms with Gasteiger partial charge in [-0.3, -0.25) is 4.98 Å². The molecule has 0 aliphatic rings. The van der Waals surface area contributed by atoms with Crippen molar-refractivity contribution in [1.82, 2.24) is 24.5 Å². The van der Waals surface area contributed by atoms with Crippen LogP contribution < -0.4 is 0 Å². The van der Waals surface area contributed by atoms with Crippen LogP contribution in [0.15, 0.2) is 43.0 Å². The van der Waals surface area contributed by atoms with E-state index >= 15 is 0 Å². The number of rotatable bonds is 4. The van der Waals surface area contributed by atoms with Crippen LogP contribution in [-0.4, -0.2) is 24.5 Å². The zero-order valence-electron chi connectivity index (χ0n) is 12.8. The Balaban J connectivity index is 1.80. The summed E-state index contributed by atoms with van der Waals surface area (Å²) in [6, 6.07) is 4.59. The van der Waals surface area contributed by atoms with E-state index in [1.807, 2.05) is 16.7 Å². The van der Waals surface area contributed by atoms with E-state index in [1.165, 1.54) is 6.92 Å². The van der Waals surface area contributed by atoms with E-state index in [-0.39, 0.29) is 12.2 Å². The summed E-state index contributed by atoms with van der Waals surface area (Å²) in [5.41, 5.74) is 0.272. The van der Waals surface area contributed by atoms with Crippen LogP contribution in [0.25, 0.3) is 11.4 Å². The zero-order valence-corrected chi connectivity index (χ0v) is 12.8. The summed E-state index contributed by atoms with van der Waals surface area (Å²) in [7, 11) is 0. The fraction of sp³-hybridized carbons (Fsp3) is 0.250. The quantitative estimate of drug-likeness (QED) is 0.735. The highest BCUT2D eigenvalue weighted by atomic mass is 19.4. The summed E-state index contributed by atoms with van der Waals surface area (Å²) < 4.78 is 40.4. The van der Waals surface area contributed by atoms with Crippen LogP contribution in [0.2, 0.25) is 0 Å². The number of alkyl halides is 3. The first-order chi connectivity index (χ1) is 11.4. The van der Waals surface area contributed by atoms with Crippen molar-refractivity contribution in [3.63, 3.8) is 0 Å². The minimum atomic E-state index is -4.47. The van der Waals surface area contributed by atoms with E-state index in [0.717, 1.165) is 17.5 Å². The van der Waals surface area contributed by atoms with Gasteiger partial charge in [-0.25, -0.2) is 15.0 Å². The van der Waals surface area contributed by atoms with Gasteiger partial charge < -0.3 is 4.57 Å². The van der Waals surface area contributed by atoms with Crippen molar-refractivity contribution in [3.8, 4) is 11.4 Å². The van der Waals surface area contributed by atoms with Gasteiger partial charge in [-0.15, -0.1) is 0 Å². The highest BCUT2D eigenvalue weighted by Gasteiger charge is 2.33. The fourth-order valence-electron chi connectivity index (χ4n) is 2.36. The van der Waals surface area contributed by atoms with E-state index in [2.05, 4.69) is 19.9 Å². The molecule has 5 nitrogen and oxygen atoms in total. The Kier molecular flexibility index (Phi) is 4.28. The van der Waals surface area contributed by atoms with Crippen molar-refractivity contribution >= 4 is 0 Å². The number of hydrogen-bond acceptors (Lipinski definition) is 4. The van der Waals surface area contributed by atoms with Gasteiger partial charge in [0.05, 0.1) is 0 Å². The summed E-state index contributed by atoms with van der Waals surface area (Å²) in [6.45, 7) is 1.96. The van der Waals surface area contributed by atoms with Gasteiger partial charge in [0, 0.05) is 49.0 Å². The zero-order chi connectivity index (χ0) is 17.2. The minimum Gasteiger partial charge on any atom is -0.331 e. The molecule has 0 fully saturated rings. The lowest BCUT2D eigenvalue weighted by Crippen LogP contribution is -2.13. The average molecular weight is 333 g/mol. The maximum atomic E-state index is 12.8. The Morgan fingerprint density at radius 2 is 1.83 bits per heavy atom. The van der Waals surface area contributed by atoms with Gasteiger partial charge in [-0.2, -0.15) is 13.2 Å². The molecule has 0 N–H and O–H groups in total. The van der Waals surface area contributed by atoms with Gasteiger partial charge >= 0.3 is 6.18 Å². The van der Waals surface area contributed by atoms with Crippen molar-refractivity contribution in [2.45, 2.75) is 26.1 Å². The van der Waals surface area contributed by atoms with Gasteiger partial charge in [-0.1, -0.05) is 0 Å². The van der Waals surface area contributed by atoms with Crippen LogP contribution in [0.4, 0.5) is 13.2 Å². The first-order valence-corrected chi connectivity index (χ1v) is 7.27. The minimum absolute atomic E-state index is 0.164. The Hall–Kier alpha value is -2.77. The molecule has 124 valence electrons. The molecule has 3 rings (SSSR count). The molecule has 0 saturated carbocycles. The molecule has 0 saturated heterocycles. The standard InChI is InChI=1S/C16H14F3N5/c1-11-10-13(16(17,18)19)23-14(22-11)4-8-24-9-7-21-15(24)12-2-5-20-6-3-12/h2-3,5-7,9-10H,4,8H2,1H3. The van der Waals surface area contributed by atoms with E-state index in [0.29, 0.717) is 12.2 Å². The molecule has 0 atom stereocenters. The van der Waals surface area contributed by atoms with E-state index in [4.69, 9.17) is 0 Å². The molecule has 0 spiro atoms. The highest BCUT2D eigenvalue weighted by molar-refractivity contribution is 5.54. The molecular weight excluding hydrogens is 319 g/mol. The number of pyridine rings is 1. The van der Waals surface area contributed by atoms with Crippen LogP contribution in [0, 0.1) is 6.92 Å². The molecule has 0 radical (unpaired) electrons. The molecule has 0 aromatic carbocycles. The monoisotopic (exact) mass is 333 g/mol. The number of halogens is 3. The van der Waals surface area contributed by atoms with Crippen LogP contribution >= 0.6 is 0 Å². The summed E-state index contributed by atoms with van der Waals surface area (Å²) in [5.74, 6) is 0.887. The Morgan fingerprint density at radius 3 is 2.54 bits per heavy atom. The van der Waals surface area contributed by atoms with Crippen molar-refractivity contribution < 1.29 is 13.2 Å². The number of aryl methyl sites for hydroxylation is 3. The lowest BCUT2D eigenvalue weighted by Gasteiger charge is -2.10. The second kappa shape index (κ2) is 6.38. The smallest absolute Gasteiger partial charge is 0.331 e. The number of hydrogen-bond donors (Lipinski definition) is 0. The Labute approximate surface area is 136 Å². The molecule has 0 unspecified atom stereocenters. The van der Waals surface area contributed by atoms with Crippen LogP contribution in [0.1, 0.15) is 17.2 Å². The maximum Gasteiger partial charge on any atom is 0.433 e. The largest absolute Gasteiger partial charge is 0.433 e. The van der Waals surface area contributed by atoms with Crippen LogP contribution in [0.5, 0.6) is 0 Å². The molecular formula is C16H14F3N5. The first kappa shape index (κ1) is 16.1. The van der Waals surface area contributed by atoms with Gasteiger partial charge in [0.1, 0.15) is 17.3 Å². The van der Waals surface area contributed by atoms with Gasteiger partial charge in [-0.05, 0) is 25.1 Å². The summed E-state index contributed by atoms with van der Waals surface area (Å²) in [4.78, 5) is 16.0. The van der Waals surface area contributed by atoms with Crippen LogP contribution in [-0.2, 0) is 19.1 Å². The van der Waals surface area contributed by atoms with Gasteiger partial charge in [0.25, 0.3) is 0 Å². The molecule has 8 heteroatoms. The summed E-state index contributed by atoms with van der Waals surface area (Å²) >= 11 is 0. The normalized spacial score (nSPS) is 11.7. The number of nitrogens with zero attached hydrogens (tertiary/aromatic N) is 5. The van der Waals surface area contributed by atoms with E-state index in [1.54, 1.807) is 24.8 Å². The van der Waals surface area contributed by atoms with Crippen molar-refractivity contribution in [3.05, 3.63) is 60.2 Å². The Morgan fingerprint density at radius 1 is 1.08 bits per heavy atom. The van der Waals surface area contributed by atoms with Crippen LogP contribution in [0.3, 0.4) is 0 Å². The van der Waals surface area contributed by atoms with Gasteiger partial charge in [0.2, 0.25) is 0 Å². The predicted molar refractivity (Wildman–Crippen MR) is 80.9 cm³/mol. The topological polar surface area (TPSA) is 56.5 Å². The van der Waals surface area contributed by atoms with Crippen molar-refractivity contribution in [2.24, 2.45) is 0 Å². The lowest BCUT2D eigenvalue weighted by molar-refractivity contribution is -0.141. The molecule has 3 aromatic rings. The summed E-state index contributed by atoms with van der Waals surface area (Å²) in [6.07, 6.45) is 2.55. The number of aromatic nitrogens is 5. The van der Waals surface area contributed by atoms with E-state index < -0.39 is 11.9 Å². The third kappa shape index (κ3) is 3.58. The average Bonchev–Trinajstić information content (AvgIpc) is 3.01. The molecule has 3 heterocycles. The molecule has 0 amide bonds. The molecule has 24 heavy (non-hydrogen) atoms. The Bertz CT molecular complexity index is 827. The fourth-order valence-corrected chi connectivity index (χ4v) is 2.36. The van der Waals surface area contributed by atoms with E-state index in [9.17, 15) is 13.2 Å². The maximum absolute atomic E-state index is 12.8. The van der Waals surface area contributed by atoms with Gasteiger partial charge in [0.15, 0.2) is 0 Å². The predicted octanol–water partition coefficient (Wildman–Crippen LogP) is 3.31. The van der Waals surface area contributed by atoms with Crippen molar-refractivity contribution in [1.29, 1.82) is 0 Å². The third-order valence-electron chi connectivity index (χ3n) is 3.42. The first-order valence-electron chi connectivity index (χ1n) is 7.27. The third-order valence-corrected chi connectivity index (χ3v) is 3.42. The highest BCUT2D eigenvalue weighted by Crippen LogP contribution is 2.28. The molecule has 0 aliphatic heterocycles. The molecule has 0 bridgehead atoms. The lowest BCUT2D eigenvalue weighted by atomic mass is 10.2. The second-order valence-electron chi connectivity index (χ2n) is 5.24. The summed E-state index contributed by atoms with van der Waals surface area (Å²) in [5, 5.41) is 0. The van der Waals surface area contributed by atoms with Crippen molar-refractivity contribution in [2.75, 3.05) is 0 Å². The second-order valence-corrected chi connectivity index (χ2v) is 5.24. The molecule has 0 aliphatic carbocycles. The number of imidazole rings is 1. The molecule has 3 aromatic heterocycles. The SMILES string of the molecule is Cc1cc(C(F)(F)F)nc(CCn2ccnc2-c2ccncc2)n1.